The van der Waals surface area contributed by atoms with E-state index in [0.29, 0.717) is 0 Å². The van der Waals surface area contributed by atoms with E-state index in [1.54, 1.807) is 0 Å². The molecule has 3 nitrogen and oxygen atoms in total. The molecule has 0 bridgehead atoms. The van der Waals surface area contributed by atoms with E-state index in [4.69, 9.17) is 5.11 Å². The Kier molecular flexibility index (Phi) is 3.73. The second-order valence-corrected chi connectivity index (χ2v) is 3.18. The quantitative estimate of drug-likeness (QED) is 0.662. The van der Waals surface area contributed by atoms with Crippen LogP contribution in [0.3, 0.4) is 0 Å². The first-order valence-electron chi connectivity index (χ1n) is 3.65. The summed E-state index contributed by atoms with van der Waals surface area (Å²) >= 11 is 0. The lowest BCUT2D eigenvalue weighted by Gasteiger charge is -2.19. The largest absolute Gasteiger partial charge is 0.480 e. The highest BCUT2D eigenvalue weighted by molar-refractivity contribution is 5.73. The zero-order valence-corrected chi connectivity index (χ0v) is 7.30. The van der Waals surface area contributed by atoms with Gasteiger partial charge in [0.25, 0.3) is 0 Å². The molecule has 1 atom stereocenters. The van der Waals surface area contributed by atoms with Gasteiger partial charge in [-0.1, -0.05) is 6.58 Å². The molecule has 0 aliphatic heterocycles. The second-order valence-electron chi connectivity index (χ2n) is 3.18. The summed E-state index contributed by atoms with van der Waals surface area (Å²) in [5.74, 6) is -1.07. The minimum absolute atomic E-state index is 0.0750. The number of carboxylic acid groups (broad SMARTS) is 1. The van der Waals surface area contributed by atoms with Crippen LogP contribution in [0.1, 0.15) is 20.3 Å². The van der Waals surface area contributed by atoms with E-state index in [1.165, 1.54) is 20.0 Å². The number of halogens is 1. The first-order valence-corrected chi connectivity index (χ1v) is 3.65. The van der Waals surface area contributed by atoms with Gasteiger partial charge < -0.3 is 10.4 Å². The van der Waals surface area contributed by atoms with Gasteiger partial charge >= 0.3 is 5.97 Å². The summed E-state index contributed by atoms with van der Waals surface area (Å²) < 4.78 is 13.0. The number of hydrogen-bond donors (Lipinski definition) is 2. The lowest BCUT2D eigenvalue weighted by atomic mass is 10.0. The zero-order chi connectivity index (χ0) is 9.78. The molecule has 12 heavy (non-hydrogen) atoms. The van der Waals surface area contributed by atoms with E-state index < -0.39 is 17.7 Å². The maximum Gasteiger partial charge on any atom is 0.326 e. The zero-order valence-electron chi connectivity index (χ0n) is 7.30. The molecule has 0 rings (SSSR count). The third kappa shape index (κ3) is 4.71. The maximum absolute atomic E-state index is 13.0. The van der Waals surface area contributed by atoms with Crippen molar-refractivity contribution in [1.82, 2.24) is 5.32 Å². The summed E-state index contributed by atoms with van der Waals surface area (Å²) in [7, 11) is 0. The van der Waals surface area contributed by atoms with Crippen LogP contribution in [0.15, 0.2) is 12.8 Å². The fourth-order valence-electron chi connectivity index (χ4n) is 0.845. The van der Waals surface area contributed by atoms with Gasteiger partial charge in [0.2, 0.25) is 0 Å². The monoisotopic (exact) mass is 175 g/mol. The number of hydrogen-bond acceptors (Lipinski definition) is 2. The molecule has 0 aromatic carbocycles. The molecule has 0 radical (unpaired) electrons. The van der Waals surface area contributed by atoms with E-state index in [0.717, 1.165) is 0 Å². The number of carboxylic acids is 1. The smallest absolute Gasteiger partial charge is 0.326 e. The van der Waals surface area contributed by atoms with Crippen molar-refractivity contribution in [3.05, 3.63) is 12.8 Å². The molecule has 0 saturated carbocycles. The van der Waals surface area contributed by atoms with Crippen molar-refractivity contribution in [3.8, 4) is 0 Å². The molecule has 4 heteroatoms. The highest BCUT2D eigenvalue weighted by atomic mass is 19.1. The highest BCUT2D eigenvalue weighted by Gasteiger charge is 2.26. The molecule has 0 fully saturated rings. The predicted octanol–water partition coefficient (Wildman–Crippen LogP) is 1.31. The molecular weight excluding hydrogens is 161 g/mol. The van der Waals surface area contributed by atoms with Gasteiger partial charge in [0, 0.05) is 6.42 Å². The van der Waals surface area contributed by atoms with Gasteiger partial charge in [-0.3, -0.25) is 0 Å². The Morgan fingerprint density at radius 2 is 2.33 bits per heavy atom. The first kappa shape index (κ1) is 10.9. The predicted molar refractivity (Wildman–Crippen MR) is 44.6 cm³/mol. The molecule has 2 N–H and O–H groups in total. The van der Waals surface area contributed by atoms with Crippen LogP contribution in [-0.4, -0.2) is 22.8 Å². The molecule has 0 aromatic heterocycles. The average Bonchev–Trinajstić information content (AvgIpc) is 1.83. The van der Waals surface area contributed by atoms with E-state index >= 15 is 0 Å². The molecule has 0 spiro atoms. The third-order valence-corrected chi connectivity index (χ3v) is 1.31. The lowest BCUT2D eigenvalue weighted by Crippen LogP contribution is -2.38. The molecule has 0 aliphatic rings. The van der Waals surface area contributed by atoms with Crippen LogP contribution in [0.2, 0.25) is 0 Å². The van der Waals surface area contributed by atoms with E-state index in [9.17, 15) is 9.18 Å². The standard InChI is InChI=1S/C8H14FNO2/c1-4-10-6(7(11)12)5-8(2,3)9/h4,6,10H,1,5H2,2-3H3,(H,11,12). The van der Waals surface area contributed by atoms with Crippen LogP contribution in [-0.2, 0) is 4.79 Å². The van der Waals surface area contributed by atoms with Gasteiger partial charge in [-0.05, 0) is 20.0 Å². The first-order chi connectivity index (χ1) is 5.37. The highest BCUT2D eigenvalue weighted by Crippen LogP contribution is 2.16. The van der Waals surface area contributed by atoms with Crippen molar-refractivity contribution in [2.75, 3.05) is 0 Å². The fraction of sp³-hybridized carbons (Fsp3) is 0.625. The summed E-state index contributed by atoms with van der Waals surface area (Å²) in [4.78, 5) is 10.5. The van der Waals surface area contributed by atoms with Crippen LogP contribution in [0.5, 0.6) is 0 Å². The van der Waals surface area contributed by atoms with Gasteiger partial charge in [0.1, 0.15) is 11.7 Å². The van der Waals surface area contributed by atoms with E-state index in [2.05, 4.69) is 11.9 Å². The molecule has 0 aliphatic carbocycles. The van der Waals surface area contributed by atoms with Crippen LogP contribution < -0.4 is 5.32 Å². The summed E-state index contributed by atoms with van der Waals surface area (Å²) in [6.07, 6.45) is 1.18. The van der Waals surface area contributed by atoms with Gasteiger partial charge in [0.05, 0.1) is 0 Å². The molecular formula is C8H14FNO2. The number of rotatable bonds is 5. The van der Waals surface area contributed by atoms with Crippen molar-refractivity contribution in [2.45, 2.75) is 32.0 Å². The van der Waals surface area contributed by atoms with Crippen LogP contribution in [0.25, 0.3) is 0 Å². The topological polar surface area (TPSA) is 49.3 Å². The van der Waals surface area contributed by atoms with Crippen LogP contribution in [0, 0.1) is 0 Å². The Labute approximate surface area is 71.3 Å². The van der Waals surface area contributed by atoms with Gasteiger partial charge in [-0.25, -0.2) is 9.18 Å². The number of alkyl halides is 1. The Hall–Kier alpha value is -1.06. The van der Waals surface area contributed by atoms with Crippen molar-refractivity contribution in [3.63, 3.8) is 0 Å². The van der Waals surface area contributed by atoms with E-state index in [-0.39, 0.29) is 6.42 Å². The van der Waals surface area contributed by atoms with Crippen molar-refractivity contribution >= 4 is 5.97 Å². The summed E-state index contributed by atoms with van der Waals surface area (Å²) in [6, 6.07) is -0.900. The minimum Gasteiger partial charge on any atom is -0.480 e. The number of carbonyl (C=O) groups is 1. The Balaban J connectivity index is 4.13. The van der Waals surface area contributed by atoms with Crippen molar-refractivity contribution in [1.29, 1.82) is 0 Å². The van der Waals surface area contributed by atoms with Crippen molar-refractivity contribution < 1.29 is 14.3 Å². The number of nitrogens with one attached hydrogen (secondary N) is 1. The lowest BCUT2D eigenvalue weighted by molar-refractivity contribution is -0.140. The molecule has 1 unspecified atom stereocenters. The fourth-order valence-corrected chi connectivity index (χ4v) is 0.845. The van der Waals surface area contributed by atoms with Gasteiger partial charge in [0.15, 0.2) is 0 Å². The summed E-state index contributed by atoms with van der Waals surface area (Å²) in [5, 5.41) is 11.1. The Bertz CT molecular complexity index is 174. The van der Waals surface area contributed by atoms with Crippen LogP contribution >= 0.6 is 0 Å². The molecule has 0 amide bonds. The van der Waals surface area contributed by atoms with Gasteiger partial charge in [-0.15, -0.1) is 0 Å². The Morgan fingerprint density at radius 1 is 1.83 bits per heavy atom. The summed E-state index contributed by atoms with van der Waals surface area (Å²) in [6.45, 7) is 6.00. The van der Waals surface area contributed by atoms with Crippen molar-refractivity contribution in [2.24, 2.45) is 0 Å². The Morgan fingerprint density at radius 3 is 2.58 bits per heavy atom. The summed E-state index contributed by atoms with van der Waals surface area (Å²) in [5.41, 5.74) is -1.49. The SMILES string of the molecule is C=CNC(CC(C)(C)F)C(=O)O. The molecule has 0 aromatic rings. The molecule has 0 heterocycles. The molecule has 0 saturated heterocycles. The van der Waals surface area contributed by atoms with E-state index in [1.807, 2.05) is 0 Å². The average molecular weight is 175 g/mol. The second kappa shape index (κ2) is 4.09. The minimum atomic E-state index is -1.49. The maximum atomic E-state index is 13.0. The number of aliphatic carboxylic acids is 1. The normalized spacial score (nSPS) is 13.6. The molecule has 70 valence electrons. The van der Waals surface area contributed by atoms with Crippen LogP contribution in [0.4, 0.5) is 4.39 Å². The third-order valence-electron chi connectivity index (χ3n) is 1.31. The van der Waals surface area contributed by atoms with Gasteiger partial charge in [-0.2, -0.15) is 0 Å².